The van der Waals surface area contributed by atoms with Gasteiger partial charge in [0, 0.05) is 0 Å². The third-order valence-corrected chi connectivity index (χ3v) is 0. The molecule has 1 N–H and O–H groups in total. The molecule has 17 heteroatoms. The zero-order valence-corrected chi connectivity index (χ0v) is 8.77. The van der Waals surface area contributed by atoms with Crippen LogP contribution in [0, 0.1) is 0 Å². The molecule has 1 nitrogen and oxygen atoms in total. The predicted molar refractivity (Wildman–Crippen MR) is 59.4 cm³/mol. The van der Waals surface area contributed by atoms with Gasteiger partial charge in [0.2, 0.25) is 0 Å². The molecular formula is C3H12B3F12KN-3. The summed E-state index contributed by atoms with van der Waals surface area (Å²) in [5.74, 6) is 0. The molecular weight excluding hydrogens is 350 g/mol. The first kappa shape index (κ1) is 37.3. The molecule has 0 rings (SSSR count). The average Bonchev–Trinajstić information content (AvgIpc) is 1.71. The van der Waals surface area contributed by atoms with Crippen molar-refractivity contribution >= 4 is 73.1 Å². The molecule has 0 atom stereocenters. The molecule has 0 saturated heterocycles. The molecule has 0 amide bonds. The van der Waals surface area contributed by atoms with Gasteiger partial charge in [-0.2, -0.15) is 0 Å². The Labute approximate surface area is 151 Å². The van der Waals surface area contributed by atoms with Crippen LogP contribution in [0.15, 0.2) is 0 Å². The van der Waals surface area contributed by atoms with E-state index >= 15 is 0 Å². The van der Waals surface area contributed by atoms with E-state index in [1.807, 2.05) is 14.1 Å². The van der Waals surface area contributed by atoms with Crippen LogP contribution in [0.2, 0.25) is 0 Å². The first-order valence-electron chi connectivity index (χ1n) is 3.62. The maximum absolute atomic E-state index is 9.75. The van der Waals surface area contributed by atoms with Crippen molar-refractivity contribution in [1.82, 2.24) is 5.32 Å². The maximum atomic E-state index is 9.75. The third-order valence-electron chi connectivity index (χ3n) is 0. The van der Waals surface area contributed by atoms with Crippen LogP contribution in [-0.4, -0.2) is 87.2 Å². The number of rotatable bonds is 0. The normalized spacial score (nSPS) is 9.90. The van der Waals surface area contributed by atoms with Gasteiger partial charge in [0.15, 0.2) is 0 Å². The van der Waals surface area contributed by atoms with Gasteiger partial charge in [0.25, 0.3) is 0 Å². The van der Waals surface area contributed by atoms with E-state index in [0.29, 0.717) is 0 Å². The van der Waals surface area contributed by atoms with E-state index in [1.165, 1.54) is 0 Å². The number of hydrogen-bond acceptors (Lipinski definition) is 1. The Kier molecular flexibility index (Phi) is 33.6. The standard InChI is InChI=1S/C2H7N.CH4.3BF4.K.H/c1-3-2;;3*2-1(3,4)5;;/h3H,1-2H3;1H4;;;;;/q;;3*-1;;. The molecule has 20 heavy (non-hydrogen) atoms. The molecule has 0 aromatic carbocycles. The van der Waals surface area contributed by atoms with E-state index in [4.69, 9.17) is 0 Å². The van der Waals surface area contributed by atoms with E-state index in [0.717, 1.165) is 0 Å². The van der Waals surface area contributed by atoms with Crippen molar-refractivity contribution in [1.29, 1.82) is 0 Å². The second kappa shape index (κ2) is 18.0. The van der Waals surface area contributed by atoms with E-state index in [9.17, 15) is 51.8 Å². The van der Waals surface area contributed by atoms with Crippen LogP contribution in [0.1, 0.15) is 7.43 Å². The minimum absolute atomic E-state index is 0. The zero-order chi connectivity index (χ0) is 16.2. The molecule has 0 aliphatic carbocycles. The van der Waals surface area contributed by atoms with E-state index in [-0.39, 0.29) is 58.8 Å². The fourth-order valence-corrected chi connectivity index (χ4v) is 0. The van der Waals surface area contributed by atoms with E-state index in [1.54, 1.807) is 0 Å². The summed E-state index contributed by atoms with van der Waals surface area (Å²) in [5.41, 5.74) is 0. The fourth-order valence-electron chi connectivity index (χ4n) is 0. The Balaban J connectivity index is -0.0000000321. The SMILES string of the molecule is C.CNC.F[B-](F)(F)F.F[B-](F)(F)F.F[B-](F)(F)F.[KH]. The second-order valence-corrected chi connectivity index (χ2v) is 1.98. The first-order valence-corrected chi connectivity index (χ1v) is 3.62. The Morgan fingerprint density at radius 3 is 0.500 bits per heavy atom. The summed E-state index contributed by atoms with van der Waals surface area (Å²) in [6, 6.07) is 0. The molecule has 0 heterocycles. The molecule has 0 fully saturated rings. The van der Waals surface area contributed by atoms with Gasteiger partial charge in [-0.15, -0.1) is 0 Å². The van der Waals surface area contributed by atoms with Crippen molar-refractivity contribution in [2.75, 3.05) is 14.1 Å². The third kappa shape index (κ3) is 6750. The molecule has 0 spiro atoms. The van der Waals surface area contributed by atoms with Crippen molar-refractivity contribution in [2.45, 2.75) is 7.43 Å². The monoisotopic (exact) mass is 362 g/mol. The van der Waals surface area contributed by atoms with Gasteiger partial charge < -0.3 is 57.1 Å². The Morgan fingerprint density at radius 1 is 0.500 bits per heavy atom. The summed E-state index contributed by atoms with van der Waals surface area (Å²) >= 11 is 0. The van der Waals surface area contributed by atoms with Gasteiger partial charge in [-0.25, -0.2) is 0 Å². The van der Waals surface area contributed by atoms with Crippen molar-refractivity contribution < 1.29 is 51.8 Å². The van der Waals surface area contributed by atoms with Crippen LogP contribution in [0.3, 0.4) is 0 Å². The van der Waals surface area contributed by atoms with Crippen LogP contribution >= 0.6 is 0 Å². The molecule has 0 aliphatic heterocycles. The predicted octanol–water partition coefficient (Wildman–Crippen LogP) is 3.72. The molecule has 0 unspecified atom stereocenters. The van der Waals surface area contributed by atoms with Crippen molar-refractivity contribution in [2.24, 2.45) is 0 Å². The summed E-state index contributed by atoms with van der Waals surface area (Å²) in [7, 11) is -14.2. The molecule has 0 aliphatic rings. The summed E-state index contributed by atoms with van der Waals surface area (Å²) < 4.78 is 117. The van der Waals surface area contributed by atoms with E-state index in [2.05, 4.69) is 5.32 Å². The molecule has 0 aromatic rings. The minimum atomic E-state index is -6.00. The summed E-state index contributed by atoms with van der Waals surface area (Å²) in [4.78, 5) is 0. The van der Waals surface area contributed by atoms with Gasteiger partial charge in [-0.05, 0) is 14.1 Å². The van der Waals surface area contributed by atoms with Crippen LogP contribution < -0.4 is 5.32 Å². The van der Waals surface area contributed by atoms with Gasteiger partial charge in [0.05, 0.1) is 0 Å². The van der Waals surface area contributed by atoms with Crippen LogP contribution in [0.4, 0.5) is 51.8 Å². The van der Waals surface area contributed by atoms with E-state index < -0.39 is 21.8 Å². The zero-order valence-electron chi connectivity index (χ0n) is 8.77. The van der Waals surface area contributed by atoms with Gasteiger partial charge in [0.1, 0.15) is 0 Å². The fraction of sp³-hybridized carbons (Fsp3) is 1.00. The summed E-state index contributed by atoms with van der Waals surface area (Å²) in [5, 5.41) is 2.75. The van der Waals surface area contributed by atoms with Crippen LogP contribution in [0.5, 0.6) is 0 Å². The molecule has 126 valence electrons. The van der Waals surface area contributed by atoms with Gasteiger partial charge in [-0.1, -0.05) is 7.43 Å². The van der Waals surface area contributed by atoms with Crippen molar-refractivity contribution in [3.8, 4) is 0 Å². The second-order valence-electron chi connectivity index (χ2n) is 1.98. The van der Waals surface area contributed by atoms with Crippen LogP contribution in [0.25, 0.3) is 0 Å². The van der Waals surface area contributed by atoms with Gasteiger partial charge >= 0.3 is 73.1 Å². The Bertz CT molecular complexity index is 120. The van der Waals surface area contributed by atoms with Crippen molar-refractivity contribution in [3.63, 3.8) is 0 Å². The average molecular weight is 362 g/mol. The molecule has 0 aromatic heterocycles. The Morgan fingerprint density at radius 2 is 0.500 bits per heavy atom. The summed E-state index contributed by atoms with van der Waals surface area (Å²) in [6.07, 6.45) is 0. The summed E-state index contributed by atoms with van der Waals surface area (Å²) in [6.45, 7) is 0. The molecule has 0 saturated carbocycles. The number of halogens is 12. The van der Waals surface area contributed by atoms with Crippen molar-refractivity contribution in [3.05, 3.63) is 0 Å². The molecule has 0 bridgehead atoms. The topological polar surface area (TPSA) is 12.0 Å². The van der Waals surface area contributed by atoms with Gasteiger partial charge in [-0.3, -0.25) is 0 Å². The quantitative estimate of drug-likeness (QED) is 0.512. The first-order chi connectivity index (χ1) is 7.41. The molecule has 0 radical (unpaired) electrons. The van der Waals surface area contributed by atoms with Crippen LogP contribution in [-0.2, 0) is 0 Å². The number of hydrogen-bond donors (Lipinski definition) is 1. The number of nitrogens with one attached hydrogen (secondary N) is 1. The Hall–Kier alpha value is 0.951.